The highest BCUT2D eigenvalue weighted by molar-refractivity contribution is 5.71. The minimum atomic E-state index is -1.79. The number of carbonyl (C=O) groups is 2. The first-order valence-electron chi connectivity index (χ1n) is 25.8. The van der Waals surface area contributed by atoms with E-state index in [1.165, 1.54) is 25.7 Å². The maximum atomic E-state index is 12.9. The zero-order valence-electron chi connectivity index (χ0n) is 42.0. The smallest absolute Gasteiger partial charge is 0.310 e. The first-order chi connectivity index (χ1) is 34.0. The molecule has 0 aliphatic carbocycles. The van der Waals surface area contributed by atoms with E-state index in [0.717, 1.165) is 77.0 Å². The summed E-state index contributed by atoms with van der Waals surface area (Å²) in [5, 5.41) is 72.1. The molecular formula is C55H88O15. The third kappa shape index (κ3) is 28.5. The number of hydrogen-bond acceptors (Lipinski definition) is 15. The molecule has 2 saturated heterocycles. The van der Waals surface area contributed by atoms with E-state index in [9.17, 15) is 45.3 Å². The van der Waals surface area contributed by atoms with Crippen molar-refractivity contribution in [2.75, 3.05) is 26.4 Å². The molecule has 0 radical (unpaired) electrons. The molecule has 15 heteroatoms. The summed E-state index contributed by atoms with van der Waals surface area (Å²) in [4.78, 5) is 25.7. The number of hydrogen-bond donors (Lipinski definition) is 7. The second-order valence-electron chi connectivity index (χ2n) is 17.6. The second kappa shape index (κ2) is 41.0. The molecule has 2 fully saturated rings. The van der Waals surface area contributed by atoms with Crippen LogP contribution in [-0.2, 0) is 38.0 Å². The van der Waals surface area contributed by atoms with Crippen molar-refractivity contribution >= 4 is 11.9 Å². The van der Waals surface area contributed by atoms with Gasteiger partial charge in [0, 0.05) is 6.42 Å². The summed E-state index contributed by atoms with van der Waals surface area (Å²) in [6.07, 6.45) is 34.6. The third-order valence-electron chi connectivity index (χ3n) is 11.6. The van der Waals surface area contributed by atoms with E-state index < -0.39 is 99.3 Å². The molecule has 11 unspecified atom stereocenters. The predicted molar refractivity (Wildman–Crippen MR) is 270 cm³/mol. The molecule has 0 aromatic heterocycles. The molecule has 2 aliphatic rings. The normalized spacial score (nSPS) is 26.2. The predicted octanol–water partition coefficient (Wildman–Crippen LogP) is 7.37. The van der Waals surface area contributed by atoms with E-state index in [1.807, 2.05) is 18.2 Å². The van der Waals surface area contributed by atoms with Crippen LogP contribution >= 0.6 is 0 Å². The molecule has 70 heavy (non-hydrogen) atoms. The van der Waals surface area contributed by atoms with Crippen molar-refractivity contribution in [1.29, 1.82) is 0 Å². The summed E-state index contributed by atoms with van der Waals surface area (Å²) in [5.74, 6) is -1.10. The van der Waals surface area contributed by atoms with Crippen molar-refractivity contribution in [1.82, 2.24) is 0 Å². The largest absolute Gasteiger partial charge is 0.462 e. The van der Waals surface area contributed by atoms with Crippen LogP contribution in [0.3, 0.4) is 0 Å². The summed E-state index contributed by atoms with van der Waals surface area (Å²) in [5.41, 5.74) is 0. The van der Waals surface area contributed by atoms with E-state index in [-0.39, 0.29) is 19.4 Å². The van der Waals surface area contributed by atoms with Gasteiger partial charge < -0.3 is 64.2 Å². The zero-order valence-corrected chi connectivity index (χ0v) is 42.0. The van der Waals surface area contributed by atoms with E-state index in [4.69, 9.17) is 28.4 Å². The van der Waals surface area contributed by atoms with Crippen LogP contribution in [-0.4, -0.2) is 142 Å². The number of carbonyl (C=O) groups excluding carboxylic acids is 2. The van der Waals surface area contributed by atoms with Gasteiger partial charge in [-0.3, -0.25) is 9.59 Å². The van der Waals surface area contributed by atoms with Gasteiger partial charge in [-0.2, -0.15) is 0 Å². The Morgan fingerprint density at radius 1 is 0.486 bits per heavy atom. The van der Waals surface area contributed by atoms with Crippen LogP contribution < -0.4 is 0 Å². The number of aliphatic hydroxyl groups excluding tert-OH is 7. The molecule has 2 aliphatic heterocycles. The van der Waals surface area contributed by atoms with Crippen molar-refractivity contribution in [3.05, 3.63) is 97.2 Å². The highest BCUT2D eigenvalue weighted by Crippen LogP contribution is 2.26. The Labute approximate surface area is 417 Å². The number of rotatable bonds is 38. The number of allylic oxidation sites excluding steroid dienone is 15. The lowest BCUT2D eigenvalue weighted by Crippen LogP contribution is -2.61. The minimum absolute atomic E-state index is 0.0756. The molecule has 7 N–H and O–H groups in total. The van der Waals surface area contributed by atoms with Gasteiger partial charge in [-0.15, -0.1) is 0 Å². The van der Waals surface area contributed by atoms with E-state index in [2.05, 4.69) is 86.8 Å². The van der Waals surface area contributed by atoms with Gasteiger partial charge in [-0.1, -0.05) is 150 Å². The topological polar surface area (TPSA) is 231 Å². The van der Waals surface area contributed by atoms with Crippen LogP contribution in [0.15, 0.2) is 97.2 Å². The maximum absolute atomic E-state index is 12.9. The quantitative estimate of drug-likeness (QED) is 0.0182. The van der Waals surface area contributed by atoms with E-state index in [1.54, 1.807) is 6.08 Å². The van der Waals surface area contributed by atoms with E-state index >= 15 is 0 Å². The van der Waals surface area contributed by atoms with Gasteiger partial charge in [0.25, 0.3) is 0 Å². The van der Waals surface area contributed by atoms with Crippen LogP contribution in [0.25, 0.3) is 0 Å². The summed E-state index contributed by atoms with van der Waals surface area (Å²) < 4.78 is 33.4. The van der Waals surface area contributed by atoms with Gasteiger partial charge in [-0.05, 0) is 77.0 Å². The molecule has 0 aromatic carbocycles. The molecule has 2 heterocycles. The SMILES string of the molecule is CC/C=C\C/C=C\C/C=C\C/C=C\C/C=C\CC(=O)OC(COC(=O)CCCCCCCC/C=C\C/C=C\C/C=C\CCCCC)COC1OC(COC2OC(CO)C(O)C(O)C2O)C(O)C(O)C1O. The Balaban J connectivity index is 1.84. The Morgan fingerprint density at radius 3 is 1.49 bits per heavy atom. The number of esters is 2. The van der Waals surface area contributed by atoms with Gasteiger partial charge in [-0.25, -0.2) is 0 Å². The zero-order chi connectivity index (χ0) is 51.0. The average Bonchev–Trinajstić information content (AvgIpc) is 3.35. The number of aliphatic hydroxyl groups is 7. The van der Waals surface area contributed by atoms with Crippen LogP contribution in [0, 0.1) is 0 Å². The summed E-state index contributed by atoms with van der Waals surface area (Å²) in [6, 6.07) is 0. The van der Waals surface area contributed by atoms with E-state index in [0.29, 0.717) is 12.8 Å². The standard InChI is InChI=1S/C55H88O15/c1-3-5-7-9-11-13-15-17-19-20-21-22-24-25-27-29-31-33-35-37-46(57)65-40-43(68-47(58)38-36-34-32-30-28-26-23-18-16-14-12-10-8-6-4-2)41-66-54-53(64)51(62)49(60)45(70-54)42-67-55-52(63)50(61)48(59)44(39-56)69-55/h6,8,11-14,17-19,21-23,28,30,34,36,43-45,48-56,59-64H,3-5,7,9-10,15-16,20,24-27,29,31-33,35,37-42H2,1-2H3/b8-6-,13-11-,14-12-,19-17-,22-21-,23-18-,30-28-,36-34-. The highest BCUT2D eigenvalue weighted by Gasteiger charge is 2.47. The molecule has 0 spiro atoms. The maximum Gasteiger partial charge on any atom is 0.310 e. The first-order valence-corrected chi connectivity index (χ1v) is 25.8. The molecular weight excluding hydrogens is 901 g/mol. The molecule has 0 amide bonds. The van der Waals surface area contributed by atoms with Gasteiger partial charge in [0.1, 0.15) is 55.4 Å². The molecule has 398 valence electrons. The lowest BCUT2D eigenvalue weighted by molar-refractivity contribution is -0.332. The van der Waals surface area contributed by atoms with Crippen LogP contribution in [0.5, 0.6) is 0 Å². The summed E-state index contributed by atoms with van der Waals surface area (Å²) in [6.45, 7) is 2.31. The fourth-order valence-electron chi connectivity index (χ4n) is 7.36. The lowest BCUT2D eigenvalue weighted by atomic mass is 9.98. The fraction of sp³-hybridized carbons (Fsp3) is 0.673. The average molecular weight is 989 g/mol. The Hall–Kier alpha value is -3.58. The molecule has 0 saturated carbocycles. The minimum Gasteiger partial charge on any atom is -0.462 e. The Bertz CT molecular complexity index is 1580. The summed E-state index contributed by atoms with van der Waals surface area (Å²) >= 11 is 0. The third-order valence-corrected chi connectivity index (χ3v) is 11.6. The first kappa shape index (κ1) is 62.5. The molecule has 15 nitrogen and oxygen atoms in total. The van der Waals surface area contributed by atoms with Crippen molar-refractivity contribution in [2.24, 2.45) is 0 Å². The van der Waals surface area contributed by atoms with Gasteiger partial charge in [0.05, 0.1) is 26.2 Å². The van der Waals surface area contributed by atoms with Crippen molar-refractivity contribution in [2.45, 2.75) is 210 Å². The van der Waals surface area contributed by atoms with Gasteiger partial charge in [0.2, 0.25) is 0 Å². The molecule has 2 rings (SSSR count). The molecule has 0 aromatic rings. The van der Waals surface area contributed by atoms with Gasteiger partial charge in [0.15, 0.2) is 18.7 Å². The monoisotopic (exact) mass is 989 g/mol. The fourth-order valence-corrected chi connectivity index (χ4v) is 7.36. The van der Waals surface area contributed by atoms with Crippen molar-refractivity contribution in [3.63, 3.8) is 0 Å². The number of unbranched alkanes of at least 4 members (excludes halogenated alkanes) is 9. The molecule has 11 atom stereocenters. The molecule has 0 bridgehead atoms. The van der Waals surface area contributed by atoms with Gasteiger partial charge >= 0.3 is 11.9 Å². The second-order valence-corrected chi connectivity index (χ2v) is 17.6. The lowest BCUT2D eigenvalue weighted by Gasteiger charge is -2.42. The Kier molecular flexibility index (Phi) is 36.6. The van der Waals surface area contributed by atoms with Crippen LogP contribution in [0.1, 0.15) is 142 Å². The summed E-state index contributed by atoms with van der Waals surface area (Å²) in [7, 11) is 0. The highest BCUT2D eigenvalue weighted by atomic mass is 16.7. The Morgan fingerprint density at radius 2 is 0.943 bits per heavy atom. The van der Waals surface area contributed by atoms with Crippen molar-refractivity contribution < 1.29 is 73.8 Å². The van der Waals surface area contributed by atoms with Crippen molar-refractivity contribution in [3.8, 4) is 0 Å². The van der Waals surface area contributed by atoms with Crippen LogP contribution in [0.2, 0.25) is 0 Å². The number of ether oxygens (including phenoxy) is 6. The van der Waals surface area contributed by atoms with Crippen LogP contribution in [0.4, 0.5) is 0 Å².